The predicted octanol–water partition coefficient (Wildman–Crippen LogP) is 1.39. The van der Waals surface area contributed by atoms with Crippen LogP contribution in [0.4, 0.5) is 0 Å². The Bertz CT molecular complexity index is 355. The van der Waals surface area contributed by atoms with E-state index in [4.69, 9.17) is 0 Å². The number of aromatic nitrogens is 3. The summed E-state index contributed by atoms with van der Waals surface area (Å²) in [5.41, 5.74) is 1.90. The summed E-state index contributed by atoms with van der Waals surface area (Å²) in [6.45, 7) is 1.94. The van der Waals surface area contributed by atoms with Gasteiger partial charge >= 0.3 is 0 Å². The molecule has 0 N–H and O–H groups in total. The fourth-order valence-corrected chi connectivity index (χ4v) is 1.61. The maximum absolute atomic E-state index is 3.85. The summed E-state index contributed by atoms with van der Waals surface area (Å²) in [6, 6.07) is 1.95. The standard InChI is InChI=1S/C6H5N3S/c1-4-6-5(2-3-10-6)8-9-7-4/h2-3H,1H3. The smallest absolute Gasteiger partial charge is 0.107 e. The van der Waals surface area contributed by atoms with E-state index in [0.717, 1.165) is 15.9 Å². The van der Waals surface area contributed by atoms with Crippen molar-refractivity contribution in [3.63, 3.8) is 0 Å². The van der Waals surface area contributed by atoms with Crippen LogP contribution in [0.25, 0.3) is 10.2 Å². The lowest BCUT2D eigenvalue weighted by Gasteiger charge is -1.87. The van der Waals surface area contributed by atoms with E-state index in [9.17, 15) is 0 Å². The molecule has 2 rings (SSSR count). The molecular weight excluding hydrogens is 146 g/mol. The van der Waals surface area contributed by atoms with E-state index in [1.807, 2.05) is 18.4 Å². The van der Waals surface area contributed by atoms with Gasteiger partial charge in [0, 0.05) is 0 Å². The van der Waals surface area contributed by atoms with Crippen molar-refractivity contribution in [1.82, 2.24) is 15.4 Å². The summed E-state index contributed by atoms with van der Waals surface area (Å²) in [5.74, 6) is 0. The van der Waals surface area contributed by atoms with E-state index in [2.05, 4.69) is 15.4 Å². The Morgan fingerprint density at radius 2 is 2.30 bits per heavy atom. The molecular formula is C6H5N3S. The lowest BCUT2D eigenvalue weighted by molar-refractivity contribution is 0.873. The average molecular weight is 151 g/mol. The van der Waals surface area contributed by atoms with Gasteiger partial charge in [-0.05, 0) is 23.6 Å². The first kappa shape index (κ1) is 5.73. The van der Waals surface area contributed by atoms with Crippen LogP contribution < -0.4 is 0 Å². The van der Waals surface area contributed by atoms with Crippen molar-refractivity contribution in [3.05, 3.63) is 17.1 Å². The molecule has 50 valence electrons. The van der Waals surface area contributed by atoms with Crippen molar-refractivity contribution in [2.75, 3.05) is 0 Å². The van der Waals surface area contributed by atoms with E-state index in [1.54, 1.807) is 11.3 Å². The Kier molecular flexibility index (Phi) is 1.14. The fourth-order valence-electron chi connectivity index (χ4n) is 0.835. The molecule has 0 fully saturated rings. The Hall–Kier alpha value is -1.03. The van der Waals surface area contributed by atoms with E-state index in [-0.39, 0.29) is 0 Å². The van der Waals surface area contributed by atoms with Gasteiger partial charge < -0.3 is 0 Å². The zero-order valence-electron chi connectivity index (χ0n) is 5.40. The van der Waals surface area contributed by atoms with Crippen LogP contribution in [0.5, 0.6) is 0 Å². The molecule has 0 aliphatic carbocycles. The van der Waals surface area contributed by atoms with E-state index in [1.165, 1.54) is 0 Å². The summed E-state index contributed by atoms with van der Waals surface area (Å²) in [4.78, 5) is 0. The van der Waals surface area contributed by atoms with Crippen LogP contribution in [-0.4, -0.2) is 15.4 Å². The highest BCUT2D eigenvalue weighted by Gasteiger charge is 1.99. The molecule has 0 aromatic carbocycles. The van der Waals surface area contributed by atoms with Crippen LogP contribution in [0.2, 0.25) is 0 Å². The van der Waals surface area contributed by atoms with Crippen LogP contribution in [0.15, 0.2) is 11.4 Å². The SMILES string of the molecule is Cc1nnnc2ccsc12. The second-order valence-corrected chi connectivity index (χ2v) is 2.93. The third-order valence-corrected chi connectivity index (χ3v) is 2.33. The van der Waals surface area contributed by atoms with E-state index in [0.29, 0.717) is 0 Å². The number of nitrogens with zero attached hydrogens (tertiary/aromatic N) is 3. The Labute approximate surface area is 61.7 Å². The molecule has 3 nitrogen and oxygen atoms in total. The van der Waals surface area contributed by atoms with Gasteiger partial charge in [-0.1, -0.05) is 0 Å². The maximum Gasteiger partial charge on any atom is 0.107 e. The lowest BCUT2D eigenvalue weighted by Crippen LogP contribution is -1.88. The summed E-state index contributed by atoms with van der Waals surface area (Å²) >= 11 is 1.65. The molecule has 0 saturated heterocycles. The van der Waals surface area contributed by atoms with Gasteiger partial charge in [0.05, 0.1) is 10.4 Å². The summed E-state index contributed by atoms with van der Waals surface area (Å²) < 4.78 is 1.13. The Balaban J connectivity index is 2.95. The zero-order chi connectivity index (χ0) is 6.97. The molecule has 0 bridgehead atoms. The minimum absolute atomic E-state index is 0.942. The number of hydrogen-bond donors (Lipinski definition) is 0. The molecule has 0 amide bonds. The molecule has 2 aromatic rings. The number of aryl methyl sites for hydroxylation is 1. The molecule has 2 aromatic heterocycles. The van der Waals surface area contributed by atoms with Gasteiger partial charge in [0.15, 0.2) is 0 Å². The first-order valence-electron chi connectivity index (χ1n) is 2.91. The summed E-state index contributed by atoms with van der Waals surface area (Å²) in [7, 11) is 0. The third kappa shape index (κ3) is 0.690. The van der Waals surface area contributed by atoms with E-state index < -0.39 is 0 Å². The number of hydrogen-bond acceptors (Lipinski definition) is 4. The average Bonchev–Trinajstić information content (AvgIpc) is 2.36. The molecule has 0 atom stereocenters. The molecule has 0 unspecified atom stereocenters. The van der Waals surface area contributed by atoms with Gasteiger partial charge in [-0.25, -0.2) is 0 Å². The fraction of sp³-hybridized carbons (Fsp3) is 0.167. The van der Waals surface area contributed by atoms with Crippen LogP contribution >= 0.6 is 11.3 Å². The summed E-state index contributed by atoms with van der Waals surface area (Å²) in [6.07, 6.45) is 0. The molecule has 0 spiro atoms. The van der Waals surface area contributed by atoms with Gasteiger partial charge in [0.25, 0.3) is 0 Å². The van der Waals surface area contributed by atoms with Crippen LogP contribution in [0.3, 0.4) is 0 Å². The number of fused-ring (bicyclic) bond motifs is 1. The lowest BCUT2D eigenvalue weighted by atomic mass is 10.4. The van der Waals surface area contributed by atoms with Crippen molar-refractivity contribution in [3.8, 4) is 0 Å². The highest BCUT2D eigenvalue weighted by molar-refractivity contribution is 7.17. The molecule has 0 saturated carbocycles. The molecule has 0 aliphatic rings. The molecule has 4 heteroatoms. The highest BCUT2D eigenvalue weighted by Crippen LogP contribution is 2.18. The minimum Gasteiger partial charge on any atom is -0.140 e. The second kappa shape index (κ2) is 1.98. The summed E-state index contributed by atoms with van der Waals surface area (Å²) in [5, 5.41) is 13.3. The van der Waals surface area contributed by atoms with Crippen molar-refractivity contribution in [2.24, 2.45) is 0 Å². The van der Waals surface area contributed by atoms with Gasteiger partial charge in [-0.3, -0.25) is 0 Å². The monoisotopic (exact) mass is 151 g/mol. The van der Waals surface area contributed by atoms with Crippen LogP contribution in [0, 0.1) is 6.92 Å². The Morgan fingerprint density at radius 3 is 3.10 bits per heavy atom. The first-order valence-corrected chi connectivity index (χ1v) is 3.79. The minimum atomic E-state index is 0.942. The quantitative estimate of drug-likeness (QED) is 0.571. The number of rotatable bonds is 0. The molecule has 10 heavy (non-hydrogen) atoms. The highest BCUT2D eigenvalue weighted by atomic mass is 32.1. The van der Waals surface area contributed by atoms with Crippen LogP contribution in [-0.2, 0) is 0 Å². The largest absolute Gasteiger partial charge is 0.140 e. The second-order valence-electron chi connectivity index (χ2n) is 2.01. The van der Waals surface area contributed by atoms with E-state index >= 15 is 0 Å². The van der Waals surface area contributed by atoms with Crippen molar-refractivity contribution < 1.29 is 0 Å². The Morgan fingerprint density at radius 1 is 1.40 bits per heavy atom. The van der Waals surface area contributed by atoms with Gasteiger partial charge in [0.2, 0.25) is 0 Å². The van der Waals surface area contributed by atoms with Gasteiger partial charge in [-0.2, -0.15) is 0 Å². The molecule has 0 aliphatic heterocycles. The number of thiophene rings is 1. The zero-order valence-corrected chi connectivity index (χ0v) is 6.22. The van der Waals surface area contributed by atoms with Gasteiger partial charge in [0.1, 0.15) is 5.52 Å². The predicted molar refractivity (Wildman–Crippen MR) is 39.9 cm³/mol. The van der Waals surface area contributed by atoms with Crippen molar-refractivity contribution in [2.45, 2.75) is 6.92 Å². The van der Waals surface area contributed by atoms with Gasteiger partial charge in [-0.15, -0.1) is 21.5 Å². The maximum atomic E-state index is 3.85. The topological polar surface area (TPSA) is 38.7 Å². The molecule has 0 radical (unpaired) electrons. The van der Waals surface area contributed by atoms with Crippen molar-refractivity contribution in [1.29, 1.82) is 0 Å². The van der Waals surface area contributed by atoms with Crippen molar-refractivity contribution >= 4 is 21.6 Å². The third-order valence-electron chi connectivity index (χ3n) is 1.32. The van der Waals surface area contributed by atoms with Crippen LogP contribution in [0.1, 0.15) is 5.69 Å². The normalized spacial score (nSPS) is 10.5. The first-order chi connectivity index (χ1) is 4.88. The molecule has 2 heterocycles.